The molecule has 1 aliphatic rings. The van der Waals surface area contributed by atoms with Gasteiger partial charge in [0, 0.05) is 49.3 Å². The molecule has 0 atom stereocenters. The Balaban J connectivity index is 1.88. The quantitative estimate of drug-likeness (QED) is 0.851. The molecule has 0 saturated carbocycles. The summed E-state index contributed by atoms with van der Waals surface area (Å²) in [4.78, 5) is 14.7. The molecule has 130 valence electrons. The zero-order valence-corrected chi connectivity index (χ0v) is 15.1. The highest BCUT2D eigenvalue weighted by Crippen LogP contribution is 2.26. The fraction of sp³-hybridized carbons (Fsp3) is 0.471. The van der Waals surface area contributed by atoms with Gasteiger partial charge in [0.2, 0.25) is 10.0 Å². The van der Waals surface area contributed by atoms with Crippen LogP contribution in [0.4, 0.5) is 0 Å². The molecule has 1 aliphatic heterocycles. The van der Waals surface area contributed by atoms with Crippen molar-refractivity contribution in [2.45, 2.75) is 19.9 Å². The largest absolute Gasteiger partial charge is 0.344 e. The zero-order valence-electron chi connectivity index (χ0n) is 14.3. The number of sulfonamides is 1. The lowest BCUT2D eigenvalue weighted by molar-refractivity contribution is 0.0700. The maximum Gasteiger partial charge on any atom is 0.256 e. The van der Waals surface area contributed by atoms with E-state index >= 15 is 0 Å². The highest BCUT2D eigenvalue weighted by Gasteiger charge is 2.28. The molecule has 2 heterocycles. The predicted molar refractivity (Wildman–Crippen MR) is 94.6 cm³/mol. The first kappa shape index (κ1) is 17.0. The average Bonchev–Trinajstić information content (AvgIpc) is 2.93. The zero-order chi connectivity index (χ0) is 17.5. The third-order valence-corrected chi connectivity index (χ3v) is 5.83. The Hall–Kier alpha value is -1.86. The van der Waals surface area contributed by atoms with Gasteiger partial charge in [0.05, 0.1) is 11.8 Å². The van der Waals surface area contributed by atoms with Crippen LogP contribution in [-0.2, 0) is 10.0 Å². The van der Waals surface area contributed by atoms with E-state index in [4.69, 9.17) is 0 Å². The van der Waals surface area contributed by atoms with E-state index in [9.17, 15) is 13.2 Å². The molecule has 0 spiro atoms. The maximum atomic E-state index is 13.0. The van der Waals surface area contributed by atoms with E-state index in [0.717, 1.165) is 10.9 Å². The molecule has 0 bridgehead atoms. The predicted octanol–water partition coefficient (Wildman–Crippen LogP) is 1.94. The van der Waals surface area contributed by atoms with Crippen molar-refractivity contribution < 1.29 is 13.2 Å². The first-order chi connectivity index (χ1) is 11.3. The summed E-state index contributed by atoms with van der Waals surface area (Å²) in [6.45, 7) is 5.73. The second kappa shape index (κ2) is 6.22. The van der Waals surface area contributed by atoms with Gasteiger partial charge in [-0.05, 0) is 19.9 Å². The monoisotopic (exact) mass is 349 g/mol. The van der Waals surface area contributed by atoms with Crippen molar-refractivity contribution in [1.82, 2.24) is 13.8 Å². The minimum Gasteiger partial charge on any atom is -0.344 e. The van der Waals surface area contributed by atoms with Crippen LogP contribution < -0.4 is 0 Å². The summed E-state index contributed by atoms with van der Waals surface area (Å²) in [5.41, 5.74) is 1.73. The summed E-state index contributed by atoms with van der Waals surface area (Å²) < 4.78 is 26.7. The fourth-order valence-electron chi connectivity index (χ4n) is 3.20. The lowest BCUT2D eigenvalue weighted by atomic mass is 10.1. The highest BCUT2D eigenvalue weighted by molar-refractivity contribution is 7.88. The van der Waals surface area contributed by atoms with Crippen LogP contribution in [0.25, 0.3) is 10.9 Å². The Morgan fingerprint density at radius 2 is 1.71 bits per heavy atom. The number of benzene rings is 1. The smallest absolute Gasteiger partial charge is 0.256 e. The van der Waals surface area contributed by atoms with Crippen LogP contribution in [0.5, 0.6) is 0 Å². The van der Waals surface area contributed by atoms with Gasteiger partial charge in [-0.15, -0.1) is 0 Å². The molecule has 24 heavy (non-hydrogen) atoms. The van der Waals surface area contributed by atoms with E-state index in [1.165, 1.54) is 10.6 Å². The van der Waals surface area contributed by atoms with Crippen LogP contribution in [0.2, 0.25) is 0 Å². The summed E-state index contributed by atoms with van der Waals surface area (Å²) in [5, 5.41) is 0.946. The van der Waals surface area contributed by atoms with Crippen molar-refractivity contribution in [3.05, 3.63) is 36.0 Å². The van der Waals surface area contributed by atoms with Gasteiger partial charge >= 0.3 is 0 Å². The number of piperazine rings is 1. The number of hydrogen-bond donors (Lipinski definition) is 0. The molecular formula is C17H23N3O3S. The van der Waals surface area contributed by atoms with E-state index in [2.05, 4.69) is 18.4 Å². The minimum atomic E-state index is -3.19. The number of para-hydroxylation sites is 1. The fourth-order valence-corrected chi connectivity index (χ4v) is 4.02. The summed E-state index contributed by atoms with van der Waals surface area (Å²) >= 11 is 0. The highest BCUT2D eigenvalue weighted by atomic mass is 32.2. The van der Waals surface area contributed by atoms with Crippen LogP contribution in [0, 0.1) is 0 Å². The summed E-state index contributed by atoms with van der Waals surface area (Å²) in [6.07, 6.45) is 3.13. The Morgan fingerprint density at radius 3 is 2.29 bits per heavy atom. The molecular weight excluding hydrogens is 326 g/mol. The molecule has 0 N–H and O–H groups in total. The molecule has 1 aromatic heterocycles. The van der Waals surface area contributed by atoms with Crippen LogP contribution in [0.1, 0.15) is 30.2 Å². The van der Waals surface area contributed by atoms with E-state index < -0.39 is 10.0 Å². The molecule has 3 rings (SSSR count). The number of nitrogens with zero attached hydrogens (tertiary/aromatic N) is 3. The van der Waals surface area contributed by atoms with Crippen LogP contribution in [0.15, 0.2) is 30.5 Å². The number of amides is 1. The summed E-state index contributed by atoms with van der Waals surface area (Å²) in [7, 11) is -3.19. The number of carbonyl (C=O) groups excluding carboxylic acids is 1. The SMILES string of the molecule is CC(C)n1cc(C(=O)N2CCN(S(C)(=O)=O)CC2)c2ccccc21. The first-order valence-corrected chi connectivity index (χ1v) is 9.98. The van der Waals surface area contributed by atoms with Crippen LogP contribution in [0.3, 0.4) is 0 Å². The normalized spacial score (nSPS) is 16.9. The minimum absolute atomic E-state index is 0.0289. The lowest BCUT2D eigenvalue weighted by Gasteiger charge is -2.33. The number of carbonyl (C=O) groups is 1. The Morgan fingerprint density at radius 1 is 1.08 bits per heavy atom. The Bertz CT molecular complexity index is 862. The topological polar surface area (TPSA) is 62.6 Å². The summed E-state index contributed by atoms with van der Waals surface area (Å²) in [6, 6.07) is 8.16. The summed E-state index contributed by atoms with van der Waals surface area (Å²) in [5.74, 6) is -0.0289. The van der Waals surface area contributed by atoms with Crippen molar-refractivity contribution in [1.29, 1.82) is 0 Å². The number of fused-ring (bicyclic) bond motifs is 1. The Labute approximate surface area is 142 Å². The third kappa shape index (κ3) is 3.06. The van der Waals surface area contributed by atoms with Gasteiger partial charge < -0.3 is 9.47 Å². The second-order valence-corrected chi connectivity index (χ2v) is 8.50. The van der Waals surface area contributed by atoms with Crippen molar-refractivity contribution in [2.24, 2.45) is 0 Å². The van der Waals surface area contributed by atoms with Crippen molar-refractivity contribution >= 4 is 26.8 Å². The van der Waals surface area contributed by atoms with Crippen molar-refractivity contribution in [2.75, 3.05) is 32.4 Å². The molecule has 1 saturated heterocycles. The molecule has 0 radical (unpaired) electrons. The average molecular weight is 349 g/mol. The van der Waals surface area contributed by atoms with Gasteiger partial charge in [-0.3, -0.25) is 4.79 Å². The molecule has 1 amide bonds. The van der Waals surface area contributed by atoms with E-state index in [1.54, 1.807) is 4.90 Å². The van der Waals surface area contributed by atoms with Gasteiger partial charge in [-0.2, -0.15) is 4.31 Å². The van der Waals surface area contributed by atoms with Crippen LogP contribution in [-0.4, -0.2) is 60.5 Å². The first-order valence-electron chi connectivity index (χ1n) is 8.13. The standard InChI is InChI=1S/C17H23N3O3S/c1-13(2)20-12-15(14-6-4-5-7-16(14)20)17(21)18-8-10-19(11-9-18)24(3,22)23/h4-7,12-13H,8-11H2,1-3H3. The lowest BCUT2D eigenvalue weighted by Crippen LogP contribution is -2.50. The number of rotatable bonds is 3. The van der Waals surface area contributed by atoms with Gasteiger partial charge in [0.15, 0.2) is 0 Å². The molecule has 0 aliphatic carbocycles. The molecule has 1 aromatic carbocycles. The Kier molecular flexibility index (Phi) is 4.40. The molecule has 6 nitrogen and oxygen atoms in total. The van der Waals surface area contributed by atoms with E-state index in [0.29, 0.717) is 31.7 Å². The van der Waals surface area contributed by atoms with Crippen molar-refractivity contribution in [3.63, 3.8) is 0 Å². The van der Waals surface area contributed by atoms with Gasteiger partial charge in [0.1, 0.15) is 0 Å². The molecule has 1 fully saturated rings. The van der Waals surface area contributed by atoms with E-state index in [-0.39, 0.29) is 11.9 Å². The maximum absolute atomic E-state index is 13.0. The molecule has 7 heteroatoms. The number of aromatic nitrogens is 1. The second-order valence-electron chi connectivity index (χ2n) is 6.52. The number of hydrogen-bond acceptors (Lipinski definition) is 3. The molecule has 2 aromatic rings. The van der Waals surface area contributed by atoms with Gasteiger partial charge in [-0.1, -0.05) is 18.2 Å². The van der Waals surface area contributed by atoms with Gasteiger partial charge in [0.25, 0.3) is 5.91 Å². The molecule has 0 unspecified atom stereocenters. The van der Waals surface area contributed by atoms with E-state index in [1.807, 2.05) is 30.5 Å². The third-order valence-electron chi connectivity index (χ3n) is 4.52. The van der Waals surface area contributed by atoms with Crippen LogP contribution >= 0.6 is 0 Å². The van der Waals surface area contributed by atoms with Crippen molar-refractivity contribution in [3.8, 4) is 0 Å². The van der Waals surface area contributed by atoms with Gasteiger partial charge in [-0.25, -0.2) is 8.42 Å².